The summed E-state index contributed by atoms with van der Waals surface area (Å²) in [5.74, 6) is 0.146. The summed E-state index contributed by atoms with van der Waals surface area (Å²) in [6.45, 7) is 2.66. The van der Waals surface area contributed by atoms with Crippen molar-refractivity contribution in [3.05, 3.63) is 42.0 Å². The fourth-order valence-corrected chi connectivity index (χ4v) is 3.00. The van der Waals surface area contributed by atoms with E-state index in [-0.39, 0.29) is 11.7 Å². The highest BCUT2D eigenvalue weighted by molar-refractivity contribution is 5.69. The highest BCUT2D eigenvalue weighted by Gasteiger charge is 2.02. The summed E-state index contributed by atoms with van der Waals surface area (Å²) in [5, 5.41) is 9.23. The fraction of sp³-hybridized carbons (Fsp3) is 0.625. The van der Waals surface area contributed by atoms with Crippen LogP contribution in [0, 0.1) is 0 Å². The van der Waals surface area contributed by atoms with Crippen LogP contribution < -0.4 is 0 Å². The Morgan fingerprint density at radius 3 is 2.15 bits per heavy atom. The number of hydrogen-bond acceptors (Lipinski definition) is 3. The lowest BCUT2D eigenvalue weighted by Crippen LogP contribution is -2.07. The van der Waals surface area contributed by atoms with Gasteiger partial charge in [-0.2, -0.15) is 0 Å². The zero-order chi connectivity index (χ0) is 19.6. The first kappa shape index (κ1) is 23.3. The number of phenols is 1. The van der Waals surface area contributed by atoms with E-state index >= 15 is 0 Å². The maximum Gasteiger partial charge on any atom is 0.305 e. The predicted octanol–water partition coefficient (Wildman–Crippen LogP) is 6.74. The zero-order valence-corrected chi connectivity index (χ0v) is 17.1. The molecule has 1 aromatic carbocycles. The normalized spacial score (nSPS) is 11.1. The van der Waals surface area contributed by atoms with Crippen LogP contribution in [0.3, 0.4) is 0 Å². The second kappa shape index (κ2) is 16.4. The quantitative estimate of drug-likeness (QED) is 0.198. The molecule has 0 spiro atoms. The first-order valence-electron chi connectivity index (χ1n) is 10.8. The Hall–Kier alpha value is -1.77. The van der Waals surface area contributed by atoms with E-state index in [0.29, 0.717) is 19.4 Å². The van der Waals surface area contributed by atoms with E-state index in [1.807, 2.05) is 12.1 Å². The Bertz CT molecular complexity index is 505. The maximum absolute atomic E-state index is 11.7. The highest BCUT2D eigenvalue weighted by atomic mass is 16.5. The SMILES string of the molecule is CCCCCCCCC/C=C\CCCCC(=O)OCCc1ccc(O)cc1. The van der Waals surface area contributed by atoms with Gasteiger partial charge in [0, 0.05) is 12.8 Å². The number of allylic oxidation sites excluding steroid dienone is 2. The van der Waals surface area contributed by atoms with Crippen LogP contribution in [0.15, 0.2) is 36.4 Å². The van der Waals surface area contributed by atoms with Gasteiger partial charge in [-0.1, -0.05) is 69.7 Å². The lowest BCUT2D eigenvalue weighted by atomic mass is 10.1. The van der Waals surface area contributed by atoms with E-state index in [9.17, 15) is 9.90 Å². The Balaban J connectivity index is 1.88. The average Bonchev–Trinajstić information content (AvgIpc) is 2.67. The zero-order valence-electron chi connectivity index (χ0n) is 17.1. The van der Waals surface area contributed by atoms with Crippen molar-refractivity contribution < 1.29 is 14.6 Å². The van der Waals surface area contributed by atoms with Crippen LogP contribution in [0.5, 0.6) is 5.75 Å². The molecule has 3 nitrogen and oxygen atoms in total. The lowest BCUT2D eigenvalue weighted by molar-refractivity contribution is -0.143. The highest BCUT2D eigenvalue weighted by Crippen LogP contribution is 2.11. The van der Waals surface area contributed by atoms with Gasteiger partial charge in [-0.15, -0.1) is 0 Å². The van der Waals surface area contributed by atoms with Crippen LogP contribution >= 0.6 is 0 Å². The number of benzene rings is 1. The number of unbranched alkanes of at least 4 members (excludes halogenated alkanes) is 9. The number of carbonyl (C=O) groups is 1. The fourth-order valence-electron chi connectivity index (χ4n) is 3.00. The molecule has 0 saturated carbocycles. The Labute approximate surface area is 165 Å². The molecule has 27 heavy (non-hydrogen) atoms. The number of phenolic OH excluding ortho intramolecular Hbond substituents is 1. The molecular formula is C24H38O3. The molecule has 0 saturated heterocycles. The van der Waals surface area contributed by atoms with Crippen molar-refractivity contribution in [1.29, 1.82) is 0 Å². The van der Waals surface area contributed by atoms with E-state index in [4.69, 9.17) is 4.74 Å². The lowest BCUT2D eigenvalue weighted by Gasteiger charge is -2.05. The summed E-state index contributed by atoms with van der Waals surface area (Å²) in [7, 11) is 0. The van der Waals surface area contributed by atoms with Gasteiger partial charge in [0.2, 0.25) is 0 Å². The van der Waals surface area contributed by atoms with Gasteiger partial charge in [0.05, 0.1) is 6.61 Å². The van der Waals surface area contributed by atoms with Crippen molar-refractivity contribution in [3.8, 4) is 5.75 Å². The van der Waals surface area contributed by atoms with Crippen LogP contribution in [0.25, 0.3) is 0 Å². The summed E-state index contributed by atoms with van der Waals surface area (Å²) in [5.41, 5.74) is 1.06. The van der Waals surface area contributed by atoms with Gasteiger partial charge in [-0.05, 0) is 49.8 Å². The van der Waals surface area contributed by atoms with E-state index in [2.05, 4.69) is 19.1 Å². The number of carbonyl (C=O) groups excluding carboxylic acids is 1. The first-order chi connectivity index (χ1) is 13.2. The summed E-state index contributed by atoms with van der Waals surface area (Å²) in [6.07, 6.45) is 19.4. The number of rotatable bonds is 16. The molecule has 1 aromatic rings. The molecule has 1 N–H and O–H groups in total. The first-order valence-corrected chi connectivity index (χ1v) is 10.8. The molecule has 0 radical (unpaired) electrons. The molecule has 152 valence electrons. The average molecular weight is 375 g/mol. The van der Waals surface area contributed by atoms with Crippen molar-refractivity contribution in [2.24, 2.45) is 0 Å². The molecule has 1 rings (SSSR count). The maximum atomic E-state index is 11.7. The van der Waals surface area contributed by atoms with Gasteiger partial charge in [-0.25, -0.2) is 0 Å². The third kappa shape index (κ3) is 14.0. The molecular weight excluding hydrogens is 336 g/mol. The van der Waals surface area contributed by atoms with Gasteiger partial charge in [0.15, 0.2) is 0 Å². The molecule has 0 heterocycles. The monoisotopic (exact) mass is 374 g/mol. The van der Waals surface area contributed by atoms with Crippen molar-refractivity contribution in [1.82, 2.24) is 0 Å². The Morgan fingerprint density at radius 2 is 1.48 bits per heavy atom. The summed E-state index contributed by atoms with van der Waals surface area (Å²) < 4.78 is 5.26. The molecule has 0 aromatic heterocycles. The Morgan fingerprint density at radius 1 is 0.889 bits per heavy atom. The number of ether oxygens (including phenoxy) is 1. The summed E-state index contributed by atoms with van der Waals surface area (Å²) in [4.78, 5) is 11.7. The molecule has 0 amide bonds. The minimum absolute atomic E-state index is 0.110. The van der Waals surface area contributed by atoms with Gasteiger partial charge < -0.3 is 9.84 Å². The molecule has 0 fully saturated rings. The van der Waals surface area contributed by atoms with Crippen LogP contribution in [0.4, 0.5) is 0 Å². The van der Waals surface area contributed by atoms with Crippen molar-refractivity contribution in [2.45, 2.75) is 90.4 Å². The number of esters is 1. The standard InChI is InChI=1S/C24H38O3/c1-2-3-4-5-6-7-8-9-10-11-12-13-14-15-24(26)27-21-20-22-16-18-23(25)19-17-22/h10-11,16-19,25H,2-9,12-15,20-21H2,1H3/b11-10-. The summed E-state index contributed by atoms with van der Waals surface area (Å²) in [6, 6.07) is 7.00. The van der Waals surface area contributed by atoms with Crippen molar-refractivity contribution >= 4 is 5.97 Å². The Kier molecular flexibility index (Phi) is 14.1. The molecule has 0 bridgehead atoms. The van der Waals surface area contributed by atoms with Crippen molar-refractivity contribution in [3.63, 3.8) is 0 Å². The van der Waals surface area contributed by atoms with Crippen LogP contribution in [-0.2, 0) is 16.0 Å². The van der Waals surface area contributed by atoms with Crippen molar-refractivity contribution in [2.75, 3.05) is 6.61 Å². The van der Waals surface area contributed by atoms with Crippen LogP contribution in [-0.4, -0.2) is 17.7 Å². The largest absolute Gasteiger partial charge is 0.508 e. The molecule has 3 heteroatoms. The third-order valence-corrected chi connectivity index (χ3v) is 4.73. The minimum Gasteiger partial charge on any atom is -0.508 e. The molecule has 0 unspecified atom stereocenters. The van der Waals surface area contributed by atoms with E-state index in [1.54, 1.807) is 12.1 Å². The van der Waals surface area contributed by atoms with E-state index < -0.39 is 0 Å². The van der Waals surface area contributed by atoms with E-state index in [0.717, 1.165) is 24.8 Å². The van der Waals surface area contributed by atoms with Gasteiger partial charge >= 0.3 is 5.97 Å². The number of aromatic hydroxyl groups is 1. The molecule has 0 atom stereocenters. The molecule has 0 aliphatic heterocycles. The topological polar surface area (TPSA) is 46.5 Å². The molecule has 0 aliphatic carbocycles. The second-order valence-electron chi connectivity index (χ2n) is 7.26. The number of hydrogen-bond donors (Lipinski definition) is 1. The smallest absolute Gasteiger partial charge is 0.305 e. The van der Waals surface area contributed by atoms with Crippen LogP contribution in [0.2, 0.25) is 0 Å². The second-order valence-corrected chi connectivity index (χ2v) is 7.26. The van der Waals surface area contributed by atoms with Crippen LogP contribution in [0.1, 0.15) is 89.5 Å². The predicted molar refractivity (Wildman–Crippen MR) is 113 cm³/mol. The van der Waals surface area contributed by atoms with Gasteiger partial charge in [0.25, 0.3) is 0 Å². The van der Waals surface area contributed by atoms with Gasteiger partial charge in [-0.3, -0.25) is 4.79 Å². The summed E-state index contributed by atoms with van der Waals surface area (Å²) >= 11 is 0. The van der Waals surface area contributed by atoms with Gasteiger partial charge in [0.1, 0.15) is 5.75 Å². The minimum atomic E-state index is -0.110. The molecule has 0 aliphatic rings. The van der Waals surface area contributed by atoms with E-state index in [1.165, 1.54) is 51.4 Å². The third-order valence-electron chi connectivity index (χ3n) is 4.73.